The van der Waals surface area contributed by atoms with Gasteiger partial charge in [-0.3, -0.25) is 4.79 Å². The number of amides is 1. The van der Waals surface area contributed by atoms with Crippen LogP contribution in [0.4, 0.5) is 5.69 Å². The number of aryl methyl sites for hydroxylation is 1. The van der Waals surface area contributed by atoms with Crippen molar-refractivity contribution < 1.29 is 24.2 Å². The molecule has 0 heterocycles. The van der Waals surface area contributed by atoms with E-state index in [1.54, 1.807) is 13.2 Å². The zero-order valence-electron chi connectivity index (χ0n) is 15.1. The van der Waals surface area contributed by atoms with Crippen molar-refractivity contribution >= 4 is 17.6 Å². The minimum absolute atomic E-state index is 0.0894. The van der Waals surface area contributed by atoms with Crippen LogP contribution in [0.25, 0.3) is 0 Å². The van der Waals surface area contributed by atoms with Crippen LogP contribution in [0, 0.1) is 0 Å². The van der Waals surface area contributed by atoms with E-state index in [2.05, 4.69) is 5.32 Å². The van der Waals surface area contributed by atoms with Gasteiger partial charge in [0.25, 0.3) is 0 Å². The van der Waals surface area contributed by atoms with Crippen LogP contribution in [-0.4, -0.2) is 30.2 Å². The van der Waals surface area contributed by atoms with Crippen molar-refractivity contribution in [2.24, 2.45) is 0 Å². The quantitative estimate of drug-likeness (QED) is 0.751. The summed E-state index contributed by atoms with van der Waals surface area (Å²) in [4.78, 5) is 23.5. The molecule has 0 fully saturated rings. The molecule has 0 atom stereocenters. The molecule has 0 saturated heterocycles. The van der Waals surface area contributed by atoms with Crippen molar-refractivity contribution in [3.63, 3.8) is 0 Å². The van der Waals surface area contributed by atoms with Crippen LogP contribution in [-0.2, 0) is 11.2 Å². The van der Waals surface area contributed by atoms with Gasteiger partial charge in [-0.25, -0.2) is 4.79 Å². The van der Waals surface area contributed by atoms with Crippen molar-refractivity contribution in [3.8, 4) is 11.5 Å². The Kier molecular flexibility index (Phi) is 6.60. The van der Waals surface area contributed by atoms with Gasteiger partial charge < -0.3 is 19.9 Å². The van der Waals surface area contributed by atoms with Crippen molar-refractivity contribution in [3.05, 3.63) is 53.6 Å². The van der Waals surface area contributed by atoms with Crippen molar-refractivity contribution in [1.82, 2.24) is 0 Å². The molecule has 2 aromatic carbocycles. The molecule has 6 heteroatoms. The lowest BCUT2D eigenvalue weighted by molar-refractivity contribution is -0.116. The Balaban J connectivity index is 2.05. The summed E-state index contributed by atoms with van der Waals surface area (Å²) in [5.74, 6) is -0.0613. The normalized spacial score (nSPS) is 10.5. The van der Waals surface area contributed by atoms with Gasteiger partial charge in [-0.2, -0.15) is 0 Å². The van der Waals surface area contributed by atoms with Crippen LogP contribution < -0.4 is 14.8 Å². The monoisotopic (exact) mass is 357 g/mol. The van der Waals surface area contributed by atoms with Crippen molar-refractivity contribution in [2.45, 2.75) is 32.8 Å². The van der Waals surface area contributed by atoms with Gasteiger partial charge in [0.05, 0.1) is 24.5 Å². The first kappa shape index (κ1) is 19.3. The molecular formula is C20H23NO5. The highest BCUT2D eigenvalue weighted by molar-refractivity contribution is 5.95. The zero-order valence-corrected chi connectivity index (χ0v) is 15.1. The van der Waals surface area contributed by atoms with E-state index in [4.69, 9.17) is 14.6 Å². The topological polar surface area (TPSA) is 84.9 Å². The maximum atomic E-state index is 12.3. The van der Waals surface area contributed by atoms with E-state index in [-0.39, 0.29) is 24.0 Å². The van der Waals surface area contributed by atoms with Crippen LogP contribution in [0.2, 0.25) is 0 Å². The molecule has 0 saturated carbocycles. The number of carbonyl (C=O) groups excluding carboxylic acids is 1. The molecule has 138 valence electrons. The third-order valence-corrected chi connectivity index (χ3v) is 3.66. The fourth-order valence-corrected chi connectivity index (χ4v) is 2.38. The number of carboxylic acids is 1. The summed E-state index contributed by atoms with van der Waals surface area (Å²) in [5.41, 5.74) is 1.46. The fourth-order valence-electron chi connectivity index (χ4n) is 2.38. The number of ether oxygens (including phenoxy) is 2. The van der Waals surface area contributed by atoms with Crippen LogP contribution >= 0.6 is 0 Å². The summed E-state index contributed by atoms with van der Waals surface area (Å²) in [6.45, 7) is 3.72. The Hall–Kier alpha value is -3.02. The Bertz CT molecular complexity index is 768. The second kappa shape index (κ2) is 8.89. The molecule has 2 aromatic rings. The van der Waals surface area contributed by atoms with Crippen molar-refractivity contribution in [2.75, 3.05) is 12.4 Å². The summed E-state index contributed by atoms with van der Waals surface area (Å²) < 4.78 is 10.8. The average Bonchev–Trinajstić information content (AvgIpc) is 2.61. The molecule has 0 aliphatic carbocycles. The third-order valence-electron chi connectivity index (χ3n) is 3.66. The first-order valence-corrected chi connectivity index (χ1v) is 8.36. The predicted octanol–water partition coefficient (Wildman–Crippen LogP) is 3.75. The second-order valence-corrected chi connectivity index (χ2v) is 6.08. The minimum Gasteiger partial charge on any atom is -0.497 e. The summed E-state index contributed by atoms with van der Waals surface area (Å²) in [6, 6.07) is 11.9. The van der Waals surface area contributed by atoms with E-state index in [9.17, 15) is 9.59 Å². The van der Waals surface area contributed by atoms with E-state index < -0.39 is 5.97 Å². The first-order valence-electron chi connectivity index (χ1n) is 8.36. The molecule has 1 amide bonds. The summed E-state index contributed by atoms with van der Waals surface area (Å²) in [5, 5.41) is 11.9. The van der Waals surface area contributed by atoms with Gasteiger partial charge in [0.1, 0.15) is 11.5 Å². The summed E-state index contributed by atoms with van der Waals surface area (Å²) in [7, 11) is 1.60. The third kappa shape index (κ3) is 5.51. The van der Waals surface area contributed by atoms with E-state index in [1.165, 1.54) is 12.1 Å². The van der Waals surface area contributed by atoms with Crippen LogP contribution in [0.1, 0.15) is 36.2 Å². The van der Waals surface area contributed by atoms with E-state index in [1.807, 2.05) is 38.1 Å². The lowest BCUT2D eigenvalue weighted by Gasteiger charge is -2.15. The second-order valence-electron chi connectivity index (χ2n) is 6.08. The standard InChI is InChI=1S/C20H23NO5/c1-13(2)26-18-10-7-15(20(23)24)12-17(18)21-19(22)11-6-14-4-8-16(25-3)9-5-14/h4-5,7-10,12-13H,6,11H2,1-3H3,(H,21,22)(H,23,24). The largest absolute Gasteiger partial charge is 0.497 e. The highest BCUT2D eigenvalue weighted by Crippen LogP contribution is 2.27. The minimum atomic E-state index is -1.06. The number of methoxy groups -OCH3 is 1. The van der Waals surface area contributed by atoms with Crippen LogP contribution in [0.3, 0.4) is 0 Å². The number of aromatic carboxylic acids is 1. The molecule has 0 bridgehead atoms. The van der Waals surface area contributed by atoms with Gasteiger partial charge >= 0.3 is 5.97 Å². The van der Waals surface area contributed by atoms with Crippen molar-refractivity contribution in [1.29, 1.82) is 0 Å². The van der Waals surface area contributed by atoms with E-state index >= 15 is 0 Å². The van der Waals surface area contributed by atoms with Gasteiger partial charge in [-0.15, -0.1) is 0 Å². The van der Waals surface area contributed by atoms with Gasteiger partial charge in [0.15, 0.2) is 0 Å². The highest BCUT2D eigenvalue weighted by Gasteiger charge is 2.13. The Morgan fingerprint density at radius 2 is 1.81 bits per heavy atom. The molecule has 0 aliphatic rings. The number of hydrogen-bond acceptors (Lipinski definition) is 4. The molecule has 2 rings (SSSR count). The molecule has 0 aliphatic heterocycles. The summed E-state index contributed by atoms with van der Waals surface area (Å²) in [6.07, 6.45) is 0.736. The van der Waals surface area contributed by atoms with Crippen LogP contribution in [0.5, 0.6) is 11.5 Å². The molecule has 0 aromatic heterocycles. The SMILES string of the molecule is COc1ccc(CCC(=O)Nc2cc(C(=O)O)ccc2OC(C)C)cc1. The number of carboxylic acid groups (broad SMARTS) is 1. The fraction of sp³-hybridized carbons (Fsp3) is 0.300. The molecular weight excluding hydrogens is 334 g/mol. The smallest absolute Gasteiger partial charge is 0.335 e. The lowest BCUT2D eigenvalue weighted by Crippen LogP contribution is -2.15. The van der Waals surface area contributed by atoms with Crippen LogP contribution in [0.15, 0.2) is 42.5 Å². The average molecular weight is 357 g/mol. The zero-order chi connectivity index (χ0) is 19.1. The number of hydrogen-bond donors (Lipinski definition) is 2. The Morgan fingerprint density at radius 3 is 2.38 bits per heavy atom. The number of carbonyl (C=O) groups is 2. The molecule has 26 heavy (non-hydrogen) atoms. The Morgan fingerprint density at radius 1 is 1.12 bits per heavy atom. The maximum Gasteiger partial charge on any atom is 0.335 e. The molecule has 0 spiro atoms. The number of anilines is 1. The molecule has 6 nitrogen and oxygen atoms in total. The lowest BCUT2D eigenvalue weighted by atomic mass is 10.1. The first-order chi connectivity index (χ1) is 12.4. The number of nitrogens with one attached hydrogen (secondary N) is 1. The molecule has 2 N–H and O–H groups in total. The van der Waals surface area contributed by atoms with Gasteiger partial charge in [-0.1, -0.05) is 12.1 Å². The predicted molar refractivity (Wildman–Crippen MR) is 99.1 cm³/mol. The van der Waals surface area contributed by atoms with E-state index in [0.29, 0.717) is 17.9 Å². The highest BCUT2D eigenvalue weighted by atomic mass is 16.5. The van der Waals surface area contributed by atoms with Gasteiger partial charge in [-0.05, 0) is 56.2 Å². The van der Waals surface area contributed by atoms with Gasteiger partial charge in [0, 0.05) is 6.42 Å². The number of rotatable bonds is 8. The summed E-state index contributed by atoms with van der Waals surface area (Å²) >= 11 is 0. The Labute approximate surface area is 152 Å². The maximum absolute atomic E-state index is 12.3. The molecule has 0 radical (unpaired) electrons. The molecule has 0 unspecified atom stereocenters. The van der Waals surface area contributed by atoms with E-state index in [0.717, 1.165) is 11.3 Å². The van der Waals surface area contributed by atoms with Gasteiger partial charge in [0.2, 0.25) is 5.91 Å². The number of benzene rings is 2.